The summed E-state index contributed by atoms with van der Waals surface area (Å²) in [4.78, 5) is 25.5. The molecule has 0 heterocycles. The van der Waals surface area contributed by atoms with Crippen LogP contribution in [-0.4, -0.2) is 11.7 Å². The summed E-state index contributed by atoms with van der Waals surface area (Å²) >= 11 is 0. The van der Waals surface area contributed by atoms with Gasteiger partial charge in [-0.15, -0.1) is 0 Å². The van der Waals surface area contributed by atoms with E-state index in [4.69, 9.17) is 0 Å². The molecular formula is C22H18FNO2. The van der Waals surface area contributed by atoms with Crippen molar-refractivity contribution in [3.05, 3.63) is 100 Å². The van der Waals surface area contributed by atoms with Gasteiger partial charge in [0.1, 0.15) is 5.82 Å². The molecule has 0 spiro atoms. The highest BCUT2D eigenvalue weighted by atomic mass is 19.1. The molecule has 4 heteroatoms. The third-order valence-electron chi connectivity index (χ3n) is 4.18. The number of ketones is 1. The van der Waals surface area contributed by atoms with E-state index in [1.165, 1.54) is 12.1 Å². The fraction of sp³-hybridized carbons (Fsp3) is 0.0909. The van der Waals surface area contributed by atoms with Gasteiger partial charge in [0.05, 0.1) is 5.56 Å². The molecule has 3 aromatic rings. The molecule has 0 radical (unpaired) electrons. The lowest BCUT2D eigenvalue weighted by Crippen LogP contribution is -2.17. The third-order valence-corrected chi connectivity index (χ3v) is 4.18. The van der Waals surface area contributed by atoms with Crippen molar-refractivity contribution in [1.82, 2.24) is 0 Å². The van der Waals surface area contributed by atoms with E-state index in [0.29, 0.717) is 16.8 Å². The average Bonchev–Trinajstić information content (AvgIpc) is 2.64. The average molecular weight is 347 g/mol. The van der Waals surface area contributed by atoms with Crippen LogP contribution in [0.25, 0.3) is 0 Å². The van der Waals surface area contributed by atoms with E-state index >= 15 is 0 Å². The molecule has 1 N–H and O–H groups in total. The van der Waals surface area contributed by atoms with Crippen molar-refractivity contribution in [3.8, 4) is 0 Å². The molecule has 0 aliphatic rings. The Labute approximate surface area is 151 Å². The number of carbonyl (C=O) groups is 2. The fourth-order valence-electron chi connectivity index (χ4n) is 2.66. The summed E-state index contributed by atoms with van der Waals surface area (Å²) in [5.74, 6) is -1.11. The molecule has 0 atom stereocenters. The lowest BCUT2D eigenvalue weighted by Gasteiger charge is -2.11. The highest BCUT2D eigenvalue weighted by Crippen LogP contribution is 2.20. The first-order chi connectivity index (χ1) is 12.5. The molecule has 0 fully saturated rings. The molecule has 3 nitrogen and oxygen atoms in total. The Morgan fingerprint density at radius 1 is 0.846 bits per heavy atom. The van der Waals surface area contributed by atoms with Crippen LogP contribution in [0, 0.1) is 19.7 Å². The Balaban J connectivity index is 1.93. The van der Waals surface area contributed by atoms with Gasteiger partial charge in [0.15, 0.2) is 5.78 Å². The summed E-state index contributed by atoms with van der Waals surface area (Å²) in [6.45, 7) is 3.72. The van der Waals surface area contributed by atoms with Crippen LogP contribution in [0.3, 0.4) is 0 Å². The SMILES string of the molecule is Cc1ccc(C(=O)c2ccccc2C(=O)Nc2cc(F)ccc2C)cc1. The van der Waals surface area contributed by atoms with E-state index in [9.17, 15) is 14.0 Å². The van der Waals surface area contributed by atoms with Crippen LogP contribution in [0.5, 0.6) is 0 Å². The third kappa shape index (κ3) is 3.70. The molecule has 3 rings (SSSR count). The van der Waals surface area contributed by atoms with Gasteiger partial charge in [-0.05, 0) is 37.6 Å². The number of hydrogen-bond acceptors (Lipinski definition) is 2. The molecule has 1 amide bonds. The molecule has 0 bridgehead atoms. The molecule has 0 aromatic heterocycles. The van der Waals surface area contributed by atoms with Crippen molar-refractivity contribution < 1.29 is 14.0 Å². The topological polar surface area (TPSA) is 46.2 Å². The number of hydrogen-bond donors (Lipinski definition) is 1. The van der Waals surface area contributed by atoms with Crippen molar-refractivity contribution in [3.63, 3.8) is 0 Å². The van der Waals surface area contributed by atoms with Gasteiger partial charge in [0, 0.05) is 16.8 Å². The summed E-state index contributed by atoms with van der Waals surface area (Å²) in [6, 6.07) is 18.0. The molecule has 130 valence electrons. The highest BCUT2D eigenvalue weighted by molar-refractivity contribution is 6.17. The molecule has 0 aliphatic carbocycles. The predicted octanol–water partition coefficient (Wildman–Crippen LogP) is 4.93. The minimum atomic E-state index is -0.449. The van der Waals surface area contributed by atoms with Crippen molar-refractivity contribution in [2.24, 2.45) is 0 Å². The monoisotopic (exact) mass is 347 g/mol. The number of amides is 1. The van der Waals surface area contributed by atoms with Gasteiger partial charge in [-0.2, -0.15) is 0 Å². The van der Waals surface area contributed by atoms with Crippen molar-refractivity contribution in [2.75, 3.05) is 5.32 Å². The van der Waals surface area contributed by atoms with Crippen molar-refractivity contribution in [2.45, 2.75) is 13.8 Å². The standard InChI is InChI=1S/C22H18FNO2/c1-14-7-10-16(11-8-14)21(25)18-5-3-4-6-19(18)22(26)24-20-13-17(23)12-9-15(20)2/h3-13H,1-2H3,(H,24,26). The summed E-state index contributed by atoms with van der Waals surface area (Å²) in [5, 5.41) is 2.69. The predicted molar refractivity (Wildman–Crippen MR) is 100 cm³/mol. The molecule has 0 aliphatic heterocycles. The van der Waals surface area contributed by atoms with Crippen molar-refractivity contribution in [1.29, 1.82) is 0 Å². The van der Waals surface area contributed by atoms with Crippen LogP contribution in [0.2, 0.25) is 0 Å². The maximum absolute atomic E-state index is 13.5. The van der Waals surface area contributed by atoms with Gasteiger partial charge in [0.25, 0.3) is 5.91 Å². The second-order valence-electron chi connectivity index (χ2n) is 6.15. The highest BCUT2D eigenvalue weighted by Gasteiger charge is 2.18. The van der Waals surface area contributed by atoms with Gasteiger partial charge < -0.3 is 5.32 Å². The first-order valence-corrected chi connectivity index (χ1v) is 8.23. The van der Waals surface area contributed by atoms with E-state index in [-0.39, 0.29) is 11.3 Å². The van der Waals surface area contributed by atoms with E-state index in [2.05, 4.69) is 5.32 Å². The minimum Gasteiger partial charge on any atom is -0.322 e. The first-order valence-electron chi connectivity index (χ1n) is 8.23. The van der Waals surface area contributed by atoms with Gasteiger partial charge in [0.2, 0.25) is 0 Å². The summed E-state index contributed by atoms with van der Waals surface area (Å²) in [5.41, 5.74) is 3.24. The second-order valence-corrected chi connectivity index (χ2v) is 6.15. The van der Waals surface area contributed by atoms with Crippen LogP contribution >= 0.6 is 0 Å². The van der Waals surface area contributed by atoms with Gasteiger partial charge in [-0.25, -0.2) is 4.39 Å². The maximum atomic E-state index is 13.5. The minimum absolute atomic E-state index is 0.230. The second kappa shape index (κ2) is 7.31. The normalized spacial score (nSPS) is 10.4. The van der Waals surface area contributed by atoms with E-state index in [1.54, 1.807) is 49.4 Å². The van der Waals surface area contributed by atoms with E-state index < -0.39 is 11.7 Å². The number of aryl methyl sites for hydroxylation is 2. The lowest BCUT2D eigenvalue weighted by molar-refractivity contribution is 0.0996. The number of carbonyl (C=O) groups excluding carboxylic acids is 2. The number of benzene rings is 3. The fourth-order valence-corrected chi connectivity index (χ4v) is 2.66. The zero-order chi connectivity index (χ0) is 18.7. The van der Waals surface area contributed by atoms with Gasteiger partial charge in [-0.3, -0.25) is 9.59 Å². The molecular weight excluding hydrogens is 329 g/mol. The molecule has 0 saturated heterocycles. The molecule has 3 aromatic carbocycles. The number of nitrogens with one attached hydrogen (secondary N) is 1. The Hall–Kier alpha value is -3.27. The van der Waals surface area contributed by atoms with E-state index in [1.807, 2.05) is 19.1 Å². The number of halogens is 1. The zero-order valence-electron chi connectivity index (χ0n) is 14.5. The number of anilines is 1. The molecule has 0 saturated carbocycles. The lowest BCUT2D eigenvalue weighted by atomic mass is 9.97. The number of rotatable bonds is 4. The Morgan fingerprint density at radius 2 is 1.50 bits per heavy atom. The van der Waals surface area contributed by atoms with Crippen LogP contribution in [0.1, 0.15) is 37.4 Å². The molecule has 0 unspecified atom stereocenters. The summed E-state index contributed by atoms with van der Waals surface area (Å²) in [7, 11) is 0. The summed E-state index contributed by atoms with van der Waals surface area (Å²) in [6.07, 6.45) is 0. The van der Waals surface area contributed by atoms with Crippen LogP contribution in [-0.2, 0) is 0 Å². The van der Waals surface area contributed by atoms with Gasteiger partial charge >= 0.3 is 0 Å². The quantitative estimate of drug-likeness (QED) is 0.681. The maximum Gasteiger partial charge on any atom is 0.256 e. The van der Waals surface area contributed by atoms with Crippen LogP contribution in [0.4, 0.5) is 10.1 Å². The largest absolute Gasteiger partial charge is 0.322 e. The van der Waals surface area contributed by atoms with E-state index in [0.717, 1.165) is 11.1 Å². The Bertz CT molecular complexity index is 978. The Kier molecular flexibility index (Phi) is 4.94. The first kappa shape index (κ1) is 17.5. The molecule has 26 heavy (non-hydrogen) atoms. The van der Waals surface area contributed by atoms with Crippen molar-refractivity contribution >= 4 is 17.4 Å². The van der Waals surface area contributed by atoms with Crippen LogP contribution < -0.4 is 5.32 Å². The van der Waals surface area contributed by atoms with Gasteiger partial charge in [-0.1, -0.05) is 54.1 Å². The Morgan fingerprint density at radius 3 is 2.19 bits per heavy atom. The van der Waals surface area contributed by atoms with Crippen LogP contribution in [0.15, 0.2) is 66.7 Å². The summed E-state index contributed by atoms with van der Waals surface area (Å²) < 4.78 is 13.5. The smallest absolute Gasteiger partial charge is 0.256 e. The zero-order valence-corrected chi connectivity index (χ0v) is 14.5.